The topological polar surface area (TPSA) is 75.9 Å². The number of sulfonamides is 1. The van der Waals surface area contributed by atoms with Crippen molar-refractivity contribution >= 4 is 27.0 Å². The average Bonchev–Trinajstić information content (AvgIpc) is 3.40. The Kier molecular flexibility index (Phi) is 4.90. The van der Waals surface area contributed by atoms with Crippen LogP contribution in [0, 0.1) is 0 Å². The van der Waals surface area contributed by atoms with Gasteiger partial charge in [0.1, 0.15) is 16.2 Å². The van der Waals surface area contributed by atoms with E-state index in [1.54, 1.807) is 29.7 Å². The summed E-state index contributed by atoms with van der Waals surface area (Å²) in [6.45, 7) is 2.09. The Morgan fingerprint density at radius 3 is 2.59 bits per heavy atom. The molecule has 0 amide bonds. The summed E-state index contributed by atoms with van der Waals surface area (Å²) in [4.78, 5) is 2.98. The van der Waals surface area contributed by atoms with E-state index in [2.05, 4.69) is 10.1 Å². The summed E-state index contributed by atoms with van der Waals surface area (Å²) in [6.07, 6.45) is 3.09. The maximum absolute atomic E-state index is 13.0. The summed E-state index contributed by atoms with van der Waals surface area (Å²) in [6, 6.07) is 11.2. The van der Waals surface area contributed by atoms with Gasteiger partial charge < -0.3 is 14.2 Å². The molecule has 1 aliphatic heterocycles. The van der Waals surface area contributed by atoms with Crippen molar-refractivity contribution in [3.8, 4) is 16.2 Å². The number of ether oxygens (including phenoxy) is 1. The van der Waals surface area contributed by atoms with Gasteiger partial charge in [-0.2, -0.15) is 4.31 Å². The van der Waals surface area contributed by atoms with Gasteiger partial charge in [0, 0.05) is 31.1 Å². The first-order valence-electron chi connectivity index (χ1n) is 8.47. The molecule has 1 saturated heterocycles. The van der Waals surface area contributed by atoms with Crippen molar-refractivity contribution in [1.82, 2.24) is 9.46 Å². The van der Waals surface area contributed by atoms with Crippen LogP contribution in [0.4, 0.5) is 5.69 Å². The lowest BCUT2D eigenvalue weighted by Crippen LogP contribution is -2.48. The van der Waals surface area contributed by atoms with E-state index in [0.717, 1.165) is 21.9 Å². The smallest absolute Gasteiger partial charge is 0.252 e. The van der Waals surface area contributed by atoms with E-state index in [0.29, 0.717) is 30.4 Å². The second-order valence-electron chi connectivity index (χ2n) is 6.09. The summed E-state index contributed by atoms with van der Waals surface area (Å²) < 4.78 is 38.1. The maximum atomic E-state index is 13.0. The summed E-state index contributed by atoms with van der Waals surface area (Å²) in [7, 11) is -1.87. The predicted molar refractivity (Wildman–Crippen MR) is 104 cm³/mol. The molecular weight excluding hydrogens is 386 g/mol. The van der Waals surface area contributed by atoms with Crippen LogP contribution in [0.5, 0.6) is 5.75 Å². The highest BCUT2D eigenvalue weighted by Gasteiger charge is 2.30. The molecule has 0 N–H and O–H groups in total. The van der Waals surface area contributed by atoms with Crippen LogP contribution in [-0.4, -0.2) is 51.2 Å². The molecule has 7 nitrogen and oxygen atoms in total. The summed E-state index contributed by atoms with van der Waals surface area (Å²) in [5.41, 5.74) is 1.77. The first-order chi connectivity index (χ1) is 13.1. The molecular formula is C18H19N3O4S2. The largest absolute Gasteiger partial charge is 0.495 e. The van der Waals surface area contributed by atoms with Gasteiger partial charge in [-0.25, -0.2) is 8.42 Å². The highest BCUT2D eigenvalue weighted by Crippen LogP contribution is 2.33. The number of piperazine rings is 1. The third-order valence-corrected chi connectivity index (χ3v) is 8.06. The molecule has 4 rings (SSSR count). The molecule has 0 spiro atoms. The SMILES string of the molecule is COc1ccccc1N1CCN(S(=O)(=O)c2ccc(-c3cnoc3)s2)CC1. The Balaban J connectivity index is 1.49. The Labute approximate surface area is 161 Å². The van der Waals surface area contributed by atoms with E-state index in [4.69, 9.17) is 9.26 Å². The minimum absolute atomic E-state index is 0.337. The molecule has 142 valence electrons. The van der Waals surface area contributed by atoms with Gasteiger partial charge in [-0.05, 0) is 24.3 Å². The number of anilines is 1. The van der Waals surface area contributed by atoms with Crippen LogP contribution in [-0.2, 0) is 10.0 Å². The monoisotopic (exact) mass is 405 g/mol. The third kappa shape index (κ3) is 3.45. The molecule has 0 unspecified atom stereocenters. The van der Waals surface area contributed by atoms with Crippen LogP contribution in [0.25, 0.3) is 10.4 Å². The van der Waals surface area contributed by atoms with Gasteiger partial charge in [0.15, 0.2) is 0 Å². The quantitative estimate of drug-likeness (QED) is 0.650. The van der Waals surface area contributed by atoms with Gasteiger partial charge in [-0.3, -0.25) is 0 Å². The molecule has 0 atom stereocenters. The molecule has 9 heteroatoms. The average molecular weight is 406 g/mol. The summed E-state index contributed by atoms with van der Waals surface area (Å²) in [5.74, 6) is 0.797. The van der Waals surface area contributed by atoms with Gasteiger partial charge in [0.2, 0.25) is 0 Å². The third-order valence-electron chi connectivity index (χ3n) is 4.56. The number of benzene rings is 1. The number of nitrogens with zero attached hydrogens (tertiary/aromatic N) is 3. The number of hydrogen-bond acceptors (Lipinski definition) is 7. The van der Waals surface area contributed by atoms with Crippen molar-refractivity contribution in [2.24, 2.45) is 0 Å². The van der Waals surface area contributed by atoms with Crippen molar-refractivity contribution in [2.75, 3.05) is 38.2 Å². The van der Waals surface area contributed by atoms with E-state index in [9.17, 15) is 8.42 Å². The summed E-state index contributed by atoms with van der Waals surface area (Å²) in [5, 5.41) is 3.67. The zero-order valence-electron chi connectivity index (χ0n) is 14.7. The van der Waals surface area contributed by atoms with Crippen LogP contribution < -0.4 is 9.64 Å². The number of rotatable bonds is 5. The number of aromatic nitrogens is 1. The molecule has 3 aromatic rings. The molecule has 0 aliphatic carbocycles. The lowest BCUT2D eigenvalue weighted by Gasteiger charge is -2.35. The lowest BCUT2D eigenvalue weighted by atomic mass is 10.2. The highest BCUT2D eigenvalue weighted by atomic mass is 32.2. The molecule has 1 fully saturated rings. The normalized spacial score (nSPS) is 15.8. The Morgan fingerprint density at radius 1 is 1.11 bits per heavy atom. The fraction of sp³-hybridized carbons (Fsp3) is 0.278. The molecule has 1 aromatic carbocycles. The van der Waals surface area contributed by atoms with Crippen molar-refractivity contribution < 1.29 is 17.7 Å². The molecule has 3 heterocycles. The van der Waals surface area contributed by atoms with Gasteiger partial charge in [0.25, 0.3) is 10.0 Å². The Morgan fingerprint density at radius 2 is 1.89 bits per heavy atom. The molecule has 27 heavy (non-hydrogen) atoms. The van der Waals surface area contributed by atoms with Gasteiger partial charge in [-0.15, -0.1) is 11.3 Å². The standard InChI is InChI=1S/C18H19N3O4S2/c1-24-16-5-3-2-4-15(16)20-8-10-21(11-9-20)27(22,23)18-7-6-17(26-18)14-12-19-25-13-14/h2-7,12-13H,8-11H2,1H3. The van der Waals surface area contributed by atoms with Crippen LogP contribution in [0.3, 0.4) is 0 Å². The van der Waals surface area contributed by atoms with Crippen molar-refractivity contribution in [2.45, 2.75) is 4.21 Å². The van der Waals surface area contributed by atoms with E-state index in [-0.39, 0.29) is 0 Å². The first-order valence-corrected chi connectivity index (χ1v) is 10.7. The van der Waals surface area contributed by atoms with Gasteiger partial charge >= 0.3 is 0 Å². The zero-order chi connectivity index (χ0) is 18.9. The fourth-order valence-electron chi connectivity index (χ4n) is 3.13. The fourth-order valence-corrected chi connectivity index (χ4v) is 5.98. The molecule has 0 radical (unpaired) electrons. The zero-order valence-corrected chi connectivity index (χ0v) is 16.4. The van der Waals surface area contributed by atoms with Gasteiger partial charge in [-0.1, -0.05) is 17.3 Å². The van der Waals surface area contributed by atoms with E-state index < -0.39 is 10.0 Å². The number of hydrogen-bond donors (Lipinski definition) is 0. The lowest BCUT2D eigenvalue weighted by molar-refractivity contribution is 0.379. The number of thiophene rings is 1. The van der Waals surface area contributed by atoms with E-state index in [1.807, 2.05) is 24.3 Å². The number of methoxy groups -OCH3 is 1. The van der Waals surface area contributed by atoms with Crippen LogP contribution >= 0.6 is 11.3 Å². The number of para-hydroxylation sites is 2. The summed E-state index contributed by atoms with van der Waals surface area (Å²) >= 11 is 1.23. The molecule has 1 aliphatic rings. The van der Waals surface area contributed by atoms with Crippen molar-refractivity contribution in [1.29, 1.82) is 0 Å². The van der Waals surface area contributed by atoms with Crippen LogP contribution in [0.1, 0.15) is 0 Å². The molecule has 0 bridgehead atoms. The minimum Gasteiger partial charge on any atom is -0.495 e. The van der Waals surface area contributed by atoms with Crippen LogP contribution in [0.15, 0.2) is 57.6 Å². The second kappa shape index (κ2) is 7.34. The Bertz CT molecular complexity index is 1010. The minimum atomic E-state index is -3.51. The predicted octanol–water partition coefficient (Wildman–Crippen LogP) is 2.92. The van der Waals surface area contributed by atoms with E-state index in [1.165, 1.54) is 17.6 Å². The van der Waals surface area contributed by atoms with Crippen molar-refractivity contribution in [3.05, 3.63) is 48.9 Å². The van der Waals surface area contributed by atoms with E-state index >= 15 is 0 Å². The second-order valence-corrected chi connectivity index (χ2v) is 9.34. The van der Waals surface area contributed by atoms with Crippen LogP contribution in [0.2, 0.25) is 0 Å². The van der Waals surface area contributed by atoms with Crippen molar-refractivity contribution in [3.63, 3.8) is 0 Å². The Hall–Kier alpha value is -2.36. The first kappa shape index (κ1) is 18.0. The van der Waals surface area contributed by atoms with Gasteiger partial charge in [0.05, 0.1) is 24.6 Å². The molecule has 0 saturated carbocycles. The maximum Gasteiger partial charge on any atom is 0.252 e. The molecule has 2 aromatic heterocycles. The highest BCUT2D eigenvalue weighted by molar-refractivity contribution is 7.91.